The number of rotatable bonds is 6. The summed E-state index contributed by atoms with van der Waals surface area (Å²) in [5.41, 5.74) is 8.13. The minimum Gasteiger partial charge on any atom is -0.340 e. The van der Waals surface area contributed by atoms with Crippen LogP contribution in [-0.4, -0.2) is 15.0 Å². The van der Waals surface area contributed by atoms with E-state index in [1.54, 1.807) is 0 Å². The maximum atomic E-state index is 6.06. The fourth-order valence-electron chi connectivity index (χ4n) is 3.90. The molecule has 0 bridgehead atoms. The minimum atomic E-state index is 0.0310. The second-order valence-electron chi connectivity index (χ2n) is 8.36. The Morgan fingerprint density at radius 3 is 1.48 bits per heavy atom. The Labute approximate surface area is 191 Å². The summed E-state index contributed by atoms with van der Waals surface area (Å²) in [5, 5.41) is 0.0310. The van der Waals surface area contributed by atoms with Gasteiger partial charge in [0.15, 0.2) is 0 Å². The van der Waals surface area contributed by atoms with Crippen molar-refractivity contribution in [3.05, 3.63) is 28.8 Å². The second-order valence-corrected chi connectivity index (χ2v) is 8.69. The molecule has 1 heterocycles. The highest BCUT2D eigenvalue weighted by molar-refractivity contribution is 6.28. The Morgan fingerprint density at radius 1 is 0.581 bits per heavy atom. The van der Waals surface area contributed by atoms with Crippen molar-refractivity contribution in [2.45, 2.75) is 103 Å². The maximum Gasteiger partial charge on any atom is 0.350 e. The molecule has 0 spiro atoms. The molecule has 0 atom stereocenters. The lowest BCUT2D eigenvalue weighted by atomic mass is 10.0. The number of allylic oxidation sites excluding steroid dienone is 4. The van der Waals surface area contributed by atoms with Crippen LogP contribution in [-0.2, 0) is 0 Å². The molecule has 31 heavy (non-hydrogen) atoms. The Kier molecular flexibility index (Phi) is 10.8. The average molecular weight is 450 g/mol. The Bertz CT molecular complexity index is 670. The monoisotopic (exact) mass is 449 g/mol. The molecule has 8 heteroatoms. The molecule has 0 unspecified atom stereocenters. The van der Waals surface area contributed by atoms with Gasteiger partial charge in [-0.1, -0.05) is 63.5 Å². The third-order valence-corrected chi connectivity index (χ3v) is 5.86. The van der Waals surface area contributed by atoms with Crippen molar-refractivity contribution in [3.63, 3.8) is 0 Å². The molecule has 0 radical (unpaired) electrons. The predicted molar refractivity (Wildman–Crippen MR) is 122 cm³/mol. The molecule has 2 N–H and O–H groups in total. The van der Waals surface area contributed by atoms with Crippen LogP contribution in [0.5, 0.6) is 12.0 Å². The average Bonchev–Trinajstić information content (AvgIpc) is 2.78. The fraction of sp³-hybridized carbons (Fsp3) is 0.696. The summed E-state index contributed by atoms with van der Waals surface area (Å²) in [6, 6.07) is 0.185. The van der Waals surface area contributed by atoms with Gasteiger partial charge in [-0.05, 0) is 63.0 Å². The van der Waals surface area contributed by atoms with Gasteiger partial charge in [0.25, 0.3) is 0 Å². The minimum absolute atomic E-state index is 0.0310. The van der Waals surface area contributed by atoms with Gasteiger partial charge in [-0.25, -0.2) is 11.0 Å². The third-order valence-electron chi connectivity index (χ3n) is 5.70. The summed E-state index contributed by atoms with van der Waals surface area (Å²) in [4.78, 5) is 23.5. The molecule has 2 aliphatic rings. The summed E-state index contributed by atoms with van der Waals surface area (Å²) in [7, 11) is 0. The summed E-state index contributed by atoms with van der Waals surface area (Å²) in [6.45, 7) is 0. The highest BCUT2D eigenvalue weighted by atomic mass is 35.5. The summed E-state index contributed by atoms with van der Waals surface area (Å²) in [5.74, 6) is 0. The number of hydroxylamine groups is 2. The first-order valence-corrected chi connectivity index (χ1v) is 12.3. The van der Waals surface area contributed by atoms with E-state index >= 15 is 0 Å². The van der Waals surface area contributed by atoms with Gasteiger partial charge in [0.2, 0.25) is 5.28 Å². The molecule has 0 saturated heterocycles. The number of aromatic nitrogens is 3. The first-order valence-electron chi connectivity index (χ1n) is 11.9. The van der Waals surface area contributed by atoms with E-state index in [2.05, 4.69) is 38.1 Å². The van der Waals surface area contributed by atoms with Crippen molar-refractivity contribution >= 4 is 11.6 Å². The smallest absolute Gasteiger partial charge is 0.340 e. The van der Waals surface area contributed by atoms with Crippen molar-refractivity contribution in [3.8, 4) is 12.0 Å². The number of halogens is 1. The standard InChI is InChI=1S/C23H36ClN5O2/c24-21-25-22(30-28-19-15-11-7-3-1-4-8-12-16-19)27-23(26-21)31-29-20-17-13-9-5-2-6-10-14-18-20/h15,17,28-29H,1-14,16,18H2. The zero-order valence-corrected chi connectivity index (χ0v) is 19.3. The summed E-state index contributed by atoms with van der Waals surface area (Å²) in [6.07, 6.45) is 23.5. The fourth-order valence-corrected chi connectivity index (χ4v) is 4.05. The molecule has 1 aromatic heterocycles. The molecule has 1 aromatic rings. The number of hydrogen-bond donors (Lipinski definition) is 2. The van der Waals surface area contributed by atoms with Gasteiger partial charge in [-0.3, -0.25) is 0 Å². The SMILES string of the molecule is Clc1nc(ONC2=CCCCCCCCC2)nc(ONC2=CCCCCCCCC2)n1. The highest BCUT2D eigenvalue weighted by Gasteiger charge is 2.10. The first kappa shape index (κ1) is 23.6. The second kappa shape index (κ2) is 14.1. The number of nitrogens with zero attached hydrogens (tertiary/aromatic N) is 3. The lowest BCUT2D eigenvalue weighted by molar-refractivity contribution is 0.177. The number of hydrogen-bond acceptors (Lipinski definition) is 7. The molecular weight excluding hydrogens is 414 g/mol. The van der Waals surface area contributed by atoms with Gasteiger partial charge >= 0.3 is 12.0 Å². The maximum absolute atomic E-state index is 6.06. The van der Waals surface area contributed by atoms with E-state index in [0.717, 1.165) is 49.9 Å². The molecule has 2 aliphatic carbocycles. The Balaban J connectivity index is 1.53. The molecule has 3 rings (SSSR count). The molecule has 7 nitrogen and oxygen atoms in total. The van der Waals surface area contributed by atoms with Crippen molar-refractivity contribution in [1.29, 1.82) is 0 Å². The quantitative estimate of drug-likeness (QED) is 0.491. The van der Waals surface area contributed by atoms with Crippen molar-refractivity contribution in [2.75, 3.05) is 0 Å². The zero-order chi connectivity index (χ0) is 21.6. The van der Waals surface area contributed by atoms with E-state index in [9.17, 15) is 0 Å². The highest BCUT2D eigenvalue weighted by Crippen LogP contribution is 2.18. The van der Waals surface area contributed by atoms with Crippen LogP contribution in [0.3, 0.4) is 0 Å². The van der Waals surface area contributed by atoms with Crippen LogP contribution >= 0.6 is 11.6 Å². The predicted octanol–water partition coefficient (Wildman–Crippen LogP) is 6.33. The Morgan fingerprint density at radius 2 is 1.00 bits per heavy atom. The van der Waals surface area contributed by atoms with Crippen LogP contribution < -0.4 is 20.6 Å². The van der Waals surface area contributed by atoms with Crippen LogP contribution in [0.4, 0.5) is 0 Å². The van der Waals surface area contributed by atoms with Crippen LogP contribution in [0.25, 0.3) is 0 Å². The molecule has 0 aromatic carbocycles. The van der Waals surface area contributed by atoms with E-state index < -0.39 is 0 Å². The molecule has 0 saturated carbocycles. The first-order chi connectivity index (χ1) is 15.3. The van der Waals surface area contributed by atoms with Gasteiger partial charge in [0.05, 0.1) is 0 Å². The normalized spacial score (nSPS) is 19.4. The van der Waals surface area contributed by atoms with Crippen LogP contribution in [0.1, 0.15) is 103 Å². The summed E-state index contributed by atoms with van der Waals surface area (Å²) < 4.78 is 0. The van der Waals surface area contributed by atoms with Gasteiger partial charge < -0.3 is 9.68 Å². The van der Waals surface area contributed by atoms with E-state index in [1.807, 2.05) is 0 Å². The van der Waals surface area contributed by atoms with E-state index in [1.165, 1.54) is 64.2 Å². The molecule has 0 aliphatic heterocycles. The van der Waals surface area contributed by atoms with Crippen molar-refractivity contribution in [2.24, 2.45) is 0 Å². The van der Waals surface area contributed by atoms with Gasteiger partial charge in [0, 0.05) is 11.4 Å². The van der Waals surface area contributed by atoms with Crippen molar-refractivity contribution in [1.82, 2.24) is 25.9 Å². The Hall–Kier alpha value is -2.02. The van der Waals surface area contributed by atoms with Crippen LogP contribution in [0.15, 0.2) is 23.5 Å². The third kappa shape index (κ3) is 9.76. The zero-order valence-electron chi connectivity index (χ0n) is 18.5. The lowest BCUT2D eigenvalue weighted by Gasteiger charge is -2.14. The van der Waals surface area contributed by atoms with Gasteiger partial charge in [-0.2, -0.15) is 9.97 Å². The molecule has 0 fully saturated rings. The largest absolute Gasteiger partial charge is 0.350 e. The van der Waals surface area contributed by atoms with E-state index in [4.69, 9.17) is 21.3 Å². The molecule has 172 valence electrons. The lowest BCUT2D eigenvalue weighted by Crippen LogP contribution is -2.22. The number of nitrogens with one attached hydrogen (secondary N) is 2. The summed E-state index contributed by atoms with van der Waals surface area (Å²) >= 11 is 6.06. The molecular formula is C23H36ClN5O2. The van der Waals surface area contributed by atoms with Gasteiger partial charge in [0.1, 0.15) is 0 Å². The molecule has 0 amide bonds. The van der Waals surface area contributed by atoms with Crippen LogP contribution in [0.2, 0.25) is 5.28 Å². The van der Waals surface area contributed by atoms with E-state index in [-0.39, 0.29) is 17.3 Å². The van der Waals surface area contributed by atoms with Crippen LogP contribution in [0, 0.1) is 0 Å². The topological polar surface area (TPSA) is 81.2 Å². The van der Waals surface area contributed by atoms with Crippen molar-refractivity contribution < 1.29 is 9.68 Å². The van der Waals surface area contributed by atoms with Gasteiger partial charge in [-0.15, -0.1) is 4.98 Å². The van der Waals surface area contributed by atoms with E-state index in [0.29, 0.717) is 0 Å².